The summed E-state index contributed by atoms with van der Waals surface area (Å²) in [5.41, 5.74) is 8.75. The molecular weight excluding hydrogens is 412 g/mol. The highest BCUT2D eigenvalue weighted by Gasteiger charge is 2.20. The number of hydrogen-bond donors (Lipinski definition) is 0. The van der Waals surface area contributed by atoms with Gasteiger partial charge in [-0.05, 0) is 28.3 Å². The van der Waals surface area contributed by atoms with Crippen LogP contribution in [0.5, 0.6) is 0 Å². The van der Waals surface area contributed by atoms with Gasteiger partial charge < -0.3 is 0 Å². The Balaban J connectivity index is 1.53. The largest absolute Gasteiger partial charge is 0.232 e. The zero-order valence-corrected chi connectivity index (χ0v) is 19.9. The van der Waals surface area contributed by atoms with Crippen molar-refractivity contribution in [2.24, 2.45) is 0 Å². The number of aromatic nitrogens is 2. The van der Waals surface area contributed by atoms with Gasteiger partial charge in [0.1, 0.15) is 5.82 Å². The fraction of sp³-hybridized carbons (Fsp3) is 0.125. The van der Waals surface area contributed by atoms with Gasteiger partial charge in [0.05, 0.1) is 11.4 Å². The maximum atomic E-state index is 4.96. The molecule has 0 saturated carbocycles. The predicted molar refractivity (Wildman–Crippen MR) is 142 cm³/mol. The third-order valence-electron chi connectivity index (χ3n) is 5.97. The molecule has 0 radical (unpaired) electrons. The molecule has 0 aliphatic rings. The van der Waals surface area contributed by atoms with Crippen LogP contribution >= 0.6 is 0 Å². The van der Waals surface area contributed by atoms with Crippen LogP contribution in [0.15, 0.2) is 115 Å². The molecule has 5 rings (SSSR count). The van der Waals surface area contributed by atoms with E-state index in [1.54, 1.807) is 0 Å². The van der Waals surface area contributed by atoms with Crippen molar-refractivity contribution in [3.8, 4) is 44.8 Å². The molecule has 5 aromatic rings. The molecule has 1 heterocycles. The molecule has 4 aromatic carbocycles. The van der Waals surface area contributed by atoms with Crippen LogP contribution < -0.4 is 0 Å². The molecular formula is C32H28N2. The van der Waals surface area contributed by atoms with Gasteiger partial charge in [0.25, 0.3) is 0 Å². The molecule has 0 atom stereocenters. The fourth-order valence-corrected chi connectivity index (χ4v) is 4.01. The molecule has 0 N–H and O–H groups in total. The van der Waals surface area contributed by atoms with Crippen LogP contribution in [0.4, 0.5) is 0 Å². The summed E-state index contributed by atoms with van der Waals surface area (Å²) >= 11 is 0. The molecule has 2 nitrogen and oxygen atoms in total. The molecule has 0 spiro atoms. The van der Waals surface area contributed by atoms with Crippen molar-refractivity contribution >= 4 is 0 Å². The normalized spacial score (nSPS) is 11.4. The Morgan fingerprint density at radius 3 is 1.09 bits per heavy atom. The van der Waals surface area contributed by atoms with Gasteiger partial charge in [0.2, 0.25) is 0 Å². The monoisotopic (exact) mass is 440 g/mol. The van der Waals surface area contributed by atoms with Crippen molar-refractivity contribution in [2.45, 2.75) is 26.2 Å². The molecule has 0 amide bonds. The molecule has 0 fully saturated rings. The Hall–Kier alpha value is -4.04. The van der Waals surface area contributed by atoms with Gasteiger partial charge in [0, 0.05) is 16.5 Å². The fourth-order valence-electron chi connectivity index (χ4n) is 4.01. The topological polar surface area (TPSA) is 25.8 Å². The molecule has 166 valence electrons. The Labute approximate surface area is 202 Å². The summed E-state index contributed by atoms with van der Waals surface area (Å²) in [6.07, 6.45) is 0. The summed E-state index contributed by atoms with van der Waals surface area (Å²) in [4.78, 5) is 9.91. The summed E-state index contributed by atoms with van der Waals surface area (Å²) in [7, 11) is 0. The lowest BCUT2D eigenvalue weighted by molar-refractivity contribution is 0.547. The first-order valence-corrected chi connectivity index (χ1v) is 11.7. The number of hydrogen-bond acceptors (Lipinski definition) is 2. The van der Waals surface area contributed by atoms with Gasteiger partial charge in [-0.2, -0.15) is 0 Å². The first-order valence-electron chi connectivity index (χ1n) is 11.7. The Bertz CT molecular complexity index is 1280. The lowest BCUT2D eigenvalue weighted by atomic mass is 9.94. The third kappa shape index (κ3) is 4.67. The molecule has 34 heavy (non-hydrogen) atoms. The van der Waals surface area contributed by atoms with Crippen LogP contribution in [0.3, 0.4) is 0 Å². The van der Waals surface area contributed by atoms with Gasteiger partial charge >= 0.3 is 0 Å². The van der Waals surface area contributed by atoms with E-state index in [0.29, 0.717) is 0 Å². The average Bonchev–Trinajstić information content (AvgIpc) is 2.89. The average molecular weight is 441 g/mol. The maximum Gasteiger partial charge on any atom is 0.135 e. The zero-order valence-electron chi connectivity index (χ0n) is 19.9. The summed E-state index contributed by atoms with van der Waals surface area (Å²) in [5, 5.41) is 0. The van der Waals surface area contributed by atoms with Crippen LogP contribution in [0, 0.1) is 0 Å². The highest BCUT2D eigenvalue weighted by Crippen LogP contribution is 2.30. The highest BCUT2D eigenvalue weighted by molar-refractivity contribution is 5.73. The minimum absolute atomic E-state index is 0.154. The van der Waals surface area contributed by atoms with Gasteiger partial charge in [-0.1, -0.05) is 130 Å². The van der Waals surface area contributed by atoms with Crippen molar-refractivity contribution in [1.29, 1.82) is 0 Å². The summed E-state index contributed by atoms with van der Waals surface area (Å²) < 4.78 is 0. The molecule has 1 aromatic heterocycles. The summed E-state index contributed by atoms with van der Waals surface area (Å²) in [6, 6.07) is 40.3. The third-order valence-corrected chi connectivity index (χ3v) is 5.97. The van der Waals surface area contributed by atoms with Gasteiger partial charge in [-0.25, -0.2) is 9.97 Å². The first-order chi connectivity index (χ1) is 16.5. The van der Waals surface area contributed by atoms with Crippen molar-refractivity contribution in [3.05, 3.63) is 121 Å². The molecule has 0 bridgehead atoms. The van der Waals surface area contributed by atoms with Crippen molar-refractivity contribution in [1.82, 2.24) is 9.97 Å². The van der Waals surface area contributed by atoms with Crippen LogP contribution in [-0.2, 0) is 5.41 Å². The van der Waals surface area contributed by atoms with E-state index >= 15 is 0 Å². The zero-order chi connectivity index (χ0) is 23.5. The van der Waals surface area contributed by atoms with Crippen LogP contribution in [0.1, 0.15) is 26.6 Å². The number of benzene rings is 4. The highest BCUT2D eigenvalue weighted by atomic mass is 14.9. The van der Waals surface area contributed by atoms with Crippen LogP contribution in [-0.4, -0.2) is 9.97 Å². The Kier molecular flexibility index (Phi) is 5.81. The minimum atomic E-state index is -0.154. The van der Waals surface area contributed by atoms with E-state index in [2.05, 4.69) is 124 Å². The maximum absolute atomic E-state index is 4.96. The Morgan fingerprint density at radius 2 is 0.735 bits per heavy atom. The first kappa shape index (κ1) is 21.8. The van der Waals surface area contributed by atoms with E-state index < -0.39 is 0 Å². The smallest absolute Gasteiger partial charge is 0.135 e. The molecule has 0 aliphatic heterocycles. The van der Waals surface area contributed by atoms with E-state index in [-0.39, 0.29) is 5.41 Å². The van der Waals surface area contributed by atoms with Crippen molar-refractivity contribution in [3.63, 3.8) is 0 Å². The molecule has 0 unspecified atom stereocenters. The summed E-state index contributed by atoms with van der Waals surface area (Å²) in [5.74, 6) is 0.847. The number of rotatable bonds is 4. The van der Waals surface area contributed by atoms with Gasteiger partial charge in [0.15, 0.2) is 0 Å². The predicted octanol–water partition coefficient (Wildman–Crippen LogP) is 8.44. The molecule has 0 aliphatic carbocycles. The van der Waals surface area contributed by atoms with E-state index in [9.17, 15) is 0 Å². The Morgan fingerprint density at radius 1 is 0.412 bits per heavy atom. The van der Waals surface area contributed by atoms with Crippen LogP contribution in [0.2, 0.25) is 0 Å². The number of nitrogens with zero attached hydrogens (tertiary/aromatic N) is 2. The van der Waals surface area contributed by atoms with E-state index in [0.717, 1.165) is 28.3 Å². The standard InChI is InChI=1S/C32H28N2/c1-32(2,3)31-33-29(27-18-14-25(15-19-27)23-10-6-4-7-11-23)22-30(34-31)28-20-16-26(17-21-28)24-12-8-5-9-13-24/h4-22H,1-3H3. The second-order valence-corrected chi connectivity index (χ2v) is 9.60. The molecule has 0 saturated heterocycles. The van der Waals surface area contributed by atoms with Crippen LogP contribution in [0.25, 0.3) is 44.8 Å². The minimum Gasteiger partial charge on any atom is -0.232 e. The van der Waals surface area contributed by atoms with E-state index in [1.807, 2.05) is 12.1 Å². The lowest BCUT2D eigenvalue weighted by Gasteiger charge is -2.19. The second-order valence-electron chi connectivity index (χ2n) is 9.60. The van der Waals surface area contributed by atoms with Gasteiger partial charge in [-0.15, -0.1) is 0 Å². The second kappa shape index (κ2) is 9.07. The van der Waals surface area contributed by atoms with E-state index in [1.165, 1.54) is 22.3 Å². The molecule has 2 heteroatoms. The SMILES string of the molecule is CC(C)(C)c1nc(-c2ccc(-c3ccccc3)cc2)cc(-c2ccc(-c3ccccc3)cc2)n1. The quantitative estimate of drug-likeness (QED) is 0.280. The summed E-state index contributed by atoms with van der Waals surface area (Å²) in [6.45, 7) is 6.48. The van der Waals surface area contributed by atoms with Crippen molar-refractivity contribution in [2.75, 3.05) is 0 Å². The van der Waals surface area contributed by atoms with Gasteiger partial charge in [-0.3, -0.25) is 0 Å². The van der Waals surface area contributed by atoms with Crippen molar-refractivity contribution < 1.29 is 0 Å². The van der Waals surface area contributed by atoms with E-state index in [4.69, 9.17) is 9.97 Å². The lowest BCUT2D eigenvalue weighted by Crippen LogP contribution is -2.17.